The molecule has 0 spiro atoms. The summed E-state index contributed by atoms with van der Waals surface area (Å²) in [6, 6.07) is 0. The van der Waals surface area contributed by atoms with Gasteiger partial charge >= 0.3 is 0 Å². The largest absolute Gasteiger partial charge is 0.387 e. The molecule has 4 atom stereocenters. The fourth-order valence-electron chi connectivity index (χ4n) is 1.49. The number of aliphatic hydroxyl groups excluding tert-OH is 2. The molecule has 0 bridgehead atoms. The molecule has 4 heteroatoms. The zero-order valence-electron chi connectivity index (χ0n) is 7.40. The maximum Gasteiger partial charge on any atom is 0.194 e. The molecule has 12 heavy (non-hydrogen) atoms. The third kappa shape index (κ3) is 1.35. The molecule has 1 rings (SSSR count). The number of rotatable bonds is 2. The van der Waals surface area contributed by atoms with E-state index >= 15 is 0 Å². The van der Waals surface area contributed by atoms with Crippen LogP contribution in [-0.2, 0) is 4.74 Å². The molecule has 0 saturated carbocycles. The Morgan fingerprint density at radius 3 is 2.17 bits per heavy atom. The van der Waals surface area contributed by atoms with Crippen molar-refractivity contribution in [1.29, 1.82) is 0 Å². The lowest BCUT2D eigenvalue weighted by Crippen LogP contribution is -2.42. The second-order valence-electron chi connectivity index (χ2n) is 3.20. The van der Waals surface area contributed by atoms with E-state index in [2.05, 4.69) is 0 Å². The molecule has 4 unspecified atom stereocenters. The molecule has 0 radical (unpaired) electrons. The van der Waals surface area contributed by atoms with E-state index in [-0.39, 0.29) is 6.42 Å². The Morgan fingerprint density at radius 1 is 1.33 bits per heavy atom. The second-order valence-corrected chi connectivity index (χ2v) is 3.20. The van der Waals surface area contributed by atoms with E-state index in [1.165, 1.54) is 0 Å². The Morgan fingerprint density at radius 2 is 1.92 bits per heavy atom. The summed E-state index contributed by atoms with van der Waals surface area (Å²) >= 11 is 0. The molecular formula is C8H16O4. The summed E-state index contributed by atoms with van der Waals surface area (Å²) in [5.74, 6) is -1.56. The Balaban J connectivity index is 2.72. The van der Waals surface area contributed by atoms with Crippen molar-refractivity contribution in [3.8, 4) is 0 Å². The predicted octanol–water partition coefficient (Wildman–Crippen LogP) is -0.384. The van der Waals surface area contributed by atoms with Crippen molar-refractivity contribution in [3.63, 3.8) is 0 Å². The fraction of sp³-hybridized carbons (Fsp3) is 1.00. The third-order valence-electron chi connectivity index (χ3n) is 2.43. The first-order valence-corrected chi connectivity index (χ1v) is 4.31. The smallest absolute Gasteiger partial charge is 0.194 e. The topological polar surface area (TPSA) is 69.9 Å². The lowest BCUT2D eigenvalue weighted by atomic mass is 10.0. The van der Waals surface area contributed by atoms with Crippen LogP contribution in [0.2, 0.25) is 0 Å². The van der Waals surface area contributed by atoms with Crippen LogP contribution in [0.4, 0.5) is 0 Å². The Labute approximate surface area is 71.8 Å². The van der Waals surface area contributed by atoms with E-state index in [1.807, 2.05) is 6.92 Å². The van der Waals surface area contributed by atoms with Crippen LogP contribution in [0, 0.1) is 0 Å². The SMILES string of the molecule is CCC1OC(O)(CC)C(O)C1O. The molecule has 3 N–H and O–H groups in total. The Kier molecular flexibility index (Phi) is 2.73. The number of ether oxygens (including phenoxy) is 1. The Bertz CT molecular complexity index is 161. The number of hydrogen-bond donors (Lipinski definition) is 3. The lowest BCUT2D eigenvalue weighted by Gasteiger charge is -2.23. The van der Waals surface area contributed by atoms with Crippen LogP contribution >= 0.6 is 0 Å². The third-order valence-corrected chi connectivity index (χ3v) is 2.43. The van der Waals surface area contributed by atoms with Gasteiger partial charge in [0.05, 0.1) is 6.10 Å². The first-order valence-electron chi connectivity index (χ1n) is 4.31. The minimum absolute atomic E-state index is 0.279. The molecule has 0 aromatic heterocycles. The van der Waals surface area contributed by atoms with Crippen molar-refractivity contribution in [2.75, 3.05) is 0 Å². The van der Waals surface area contributed by atoms with Gasteiger partial charge in [0.15, 0.2) is 5.79 Å². The van der Waals surface area contributed by atoms with E-state index in [9.17, 15) is 15.3 Å². The normalized spacial score (nSPS) is 48.2. The summed E-state index contributed by atoms with van der Waals surface area (Å²) in [5.41, 5.74) is 0. The van der Waals surface area contributed by atoms with E-state index in [4.69, 9.17) is 4.74 Å². The molecule has 72 valence electrons. The van der Waals surface area contributed by atoms with E-state index in [1.54, 1.807) is 6.92 Å². The molecular weight excluding hydrogens is 160 g/mol. The summed E-state index contributed by atoms with van der Waals surface area (Å²) in [5, 5.41) is 28.4. The van der Waals surface area contributed by atoms with Gasteiger partial charge in [0.1, 0.15) is 12.2 Å². The van der Waals surface area contributed by atoms with Gasteiger partial charge in [-0.2, -0.15) is 0 Å². The first kappa shape index (κ1) is 9.92. The van der Waals surface area contributed by atoms with Gasteiger partial charge in [0, 0.05) is 6.42 Å². The van der Waals surface area contributed by atoms with E-state index < -0.39 is 24.1 Å². The lowest BCUT2D eigenvalue weighted by molar-refractivity contribution is -0.228. The van der Waals surface area contributed by atoms with Gasteiger partial charge in [-0.3, -0.25) is 0 Å². The van der Waals surface area contributed by atoms with Crippen LogP contribution in [-0.4, -0.2) is 39.4 Å². The zero-order valence-corrected chi connectivity index (χ0v) is 7.40. The highest BCUT2D eigenvalue weighted by molar-refractivity contribution is 4.93. The van der Waals surface area contributed by atoms with Crippen molar-refractivity contribution in [2.45, 2.75) is 50.8 Å². The van der Waals surface area contributed by atoms with Crippen LogP contribution in [0.3, 0.4) is 0 Å². The molecule has 4 nitrogen and oxygen atoms in total. The molecule has 0 aliphatic carbocycles. The standard InChI is InChI=1S/C8H16O4/c1-3-5-6(9)7(10)8(11,4-2)12-5/h5-7,9-11H,3-4H2,1-2H3. The van der Waals surface area contributed by atoms with Gasteiger partial charge in [0.25, 0.3) is 0 Å². The van der Waals surface area contributed by atoms with Crippen molar-refractivity contribution in [1.82, 2.24) is 0 Å². The highest BCUT2D eigenvalue weighted by Gasteiger charge is 2.51. The minimum Gasteiger partial charge on any atom is -0.387 e. The average molecular weight is 176 g/mol. The van der Waals surface area contributed by atoms with Gasteiger partial charge in [0.2, 0.25) is 0 Å². The second kappa shape index (κ2) is 3.30. The van der Waals surface area contributed by atoms with Crippen molar-refractivity contribution < 1.29 is 20.1 Å². The van der Waals surface area contributed by atoms with Crippen LogP contribution in [0.1, 0.15) is 26.7 Å². The van der Waals surface area contributed by atoms with Crippen LogP contribution in [0.5, 0.6) is 0 Å². The molecule has 1 aliphatic heterocycles. The Hall–Kier alpha value is -0.160. The molecule has 1 heterocycles. The molecule has 1 saturated heterocycles. The van der Waals surface area contributed by atoms with Gasteiger partial charge in [-0.15, -0.1) is 0 Å². The maximum absolute atomic E-state index is 9.61. The predicted molar refractivity (Wildman–Crippen MR) is 42.4 cm³/mol. The van der Waals surface area contributed by atoms with Gasteiger partial charge in [-0.05, 0) is 6.42 Å². The van der Waals surface area contributed by atoms with Gasteiger partial charge < -0.3 is 20.1 Å². The van der Waals surface area contributed by atoms with Crippen LogP contribution < -0.4 is 0 Å². The molecule has 0 aromatic rings. The average Bonchev–Trinajstić information content (AvgIpc) is 2.31. The first-order chi connectivity index (χ1) is 5.55. The number of aliphatic hydroxyl groups is 3. The quantitative estimate of drug-likeness (QED) is 0.536. The summed E-state index contributed by atoms with van der Waals surface area (Å²) in [7, 11) is 0. The maximum atomic E-state index is 9.61. The summed E-state index contributed by atoms with van der Waals surface area (Å²) in [6.45, 7) is 3.54. The summed E-state index contributed by atoms with van der Waals surface area (Å²) in [6.07, 6.45) is -1.75. The minimum atomic E-state index is -1.56. The monoisotopic (exact) mass is 176 g/mol. The highest BCUT2D eigenvalue weighted by atomic mass is 16.7. The van der Waals surface area contributed by atoms with Crippen molar-refractivity contribution >= 4 is 0 Å². The van der Waals surface area contributed by atoms with Crippen molar-refractivity contribution in [2.24, 2.45) is 0 Å². The molecule has 0 amide bonds. The van der Waals surface area contributed by atoms with E-state index in [0.717, 1.165) is 0 Å². The van der Waals surface area contributed by atoms with Crippen molar-refractivity contribution in [3.05, 3.63) is 0 Å². The van der Waals surface area contributed by atoms with E-state index in [0.29, 0.717) is 6.42 Å². The van der Waals surface area contributed by atoms with Crippen LogP contribution in [0.25, 0.3) is 0 Å². The molecule has 1 fully saturated rings. The van der Waals surface area contributed by atoms with Gasteiger partial charge in [-0.1, -0.05) is 13.8 Å². The summed E-state index contributed by atoms with van der Waals surface area (Å²) < 4.78 is 5.13. The van der Waals surface area contributed by atoms with Crippen LogP contribution in [0.15, 0.2) is 0 Å². The highest BCUT2D eigenvalue weighted by Crippen LogP contribution is 2.32. The van der Waals surface area contributed by atoms with Gasteiger partial charge in [-0.25, -0.2) is 0 Å². The number of hydrogen-bond acceptors (Lipinski definition) is 4. The zero-order chi connectivity index (χ0) is 9.35. The molecule has 1 aliphatic rings. The molecule has 0 aromatic carbocycles. The fourth-order valence-corrected chi connectivity index (χ4v) is 1.49. The summed E-state index contributed by atoms with van der Waals surface area (Å²) in [4.78, 5) is 0.